The summed E-state index contributed by atoms with van der Waals surface area (Å²) in [5, 5.41) is 9.12. The third-order valence-corrected chi connectivity index (χ3v) is 2.52. The van der Waals surface area contributed by atoms with Crippen molar-refractivity contribution in [1.29, 1.82) is 0 Å². The van der Waals surface area contributed by atoms with Crippen molar-refractivity contribution in [3.63, 3.8) is 0 Å². The minimum atomic E-state index is -3.86. The topological polar surface area (TPSA) is 76.0 Å². The summed E-state index contributed by atoms with van der Waals surface area (Å²) >= 11 is 0. The first-order valence-electron chi connectivity index (χ1n) is 3.39. The Kier molecular flexibility index (Phi) is 2.67. The first kappa shape index (κ1) is 9.16. The van der Waals surface area contributed by atoms with Crippen molar-refractivity contribution in [2.75, 3.05) is 6.61 Å². The molecule has 3 atom stereocenters. The highest BCUT2D eigenvalue weighted by molar-refractivity contribution is 7.47. The molecular weight excluding hydrogens is 171 g/mol. The number of phosphoric acid groups is 1. The van der Waals surface area contributed by atoms with Gasteiger partial charge in [0.15, 0.2) is 0 Å². The molecule has 0 saturated carbocycles. The Labute approximate surface area is 64.6 Å². The van der Waals surface area contributed by atoms with Gasteiger partial charge in [0.1, 0.15) is 6.10 Å². The molecule has 6 heteroatoms. The van der Waals surface area contributed by atoms with Gasteiger partial charge in [-0.25, -0.2) is 4.57 Å². The SMILES string of the molecule is CC[C@@H]1OP(=O)(O)OC[C@H]1O. The third-order valence-electron chi connectivity index (χ3n) is 1.51. The zero-order valence-corrected chi connectivity index (χ0v) is 7.03. The van der Waals surface area contributed by atoms with Crippen molar-refractivity contribution in [3.05, 3.63) is 0 Å². The van der Waals surface area contributed by atoms with E-state index in [1.807, 2.05) is 0 Å². The third kappa shape index (κ3) is 2.25. The van der Waals surface area contributed by atoms with Gasteiger partial charge < -0.3 is 10.00 Å². The molecule has 0 spiro atoms. The largest absolute Gasteiger partial charge is 0.472 e. The van der Waals surface area contributed by atoms with Gasteiger partial charge in [-0.15, -0.1) is 0 Å². The Bertz CT molecular complexity index is 182. The molecule has 1 rings (SSSR count). The monoisotopic (exact) mass is 182 g/mol. The molecular formula is C5H11O5P. The molecule has 1 heterocycles. The van der Waals surface area contributed by atoms with E-state index in [0.717, 1.165) is 0 Å². The van der Waals surface area contributed by atoms with Crippen molar-refractivity contribution < 1.29 is 23.6 Å². The van der Waals surface area contributed by atoms with Gasteiger partial charge in [-0.2, -0.15) is 0 Å². The number of hydrogen-bond acceptors (Lipinski definition) is 4. The molecule has 1 fully saturated rings. The van der Waals surface area contributed by atoms with Crippen LogP contribution in [-0.2, 0) is 13.6 Å². The lowest BCUT2D eigenvalue weighted by Gasteiger charge is -2.29. The second-order valence-electron chi connectivity index (χ2n) is 2.38. The predicted molar refractivity (Wildman–Crippen MR) is 36.9 cm³/mol. The van der Waals surface area contributed by atoms with Crippen LogP contribution in [0.4, 0.5) is 0 Å². The van der Waals surface area contributed by atoms with E-state index in [1.165, 1.54) is 0 Å². The summed E-state index contributed by atoms with van der Waals surface area (Å²) < 4.78 is 19.7. The Morgan fingerprint density at radius 2 is 2.36 bits per heavy atom. The summed E-state index contributed by atoms with van der Waals surface area (Å²) in [4.78, 5) is 8.79. The van der Waals surface area contributed by atoms with E-state index in [2.05, 4.69) is 9.05 Å². The van der Waals surface area contributed by atoms with Gasteiger partial charge in [-0.05, 0) is 6.42 Å². The molecule has 0 amide bonds. The quantitative estimate of drug-likeness (QED) is 0.569. The standard InChI is InChI=1S/C5H11O5P/c1-2-5-4(6)3-9-11(7,8)10-5/h4-6H,2-3H2,1H3,(H,7,8)/t4-,5+/m1/s1. The van der Waals surface area contributed by atoms with Crippen molar-refractivity contribution >= 4 is 7.82 Å². The smallest absolute Gasteiger partial charge is 0.388 e. The Morgan fingerprint density at radius 3 is 2.82 bits per heavy atom. The molecule has 5 nitrogen and oxygen atoms in total. The number of rotatable bonds is 1. The summed E-state index contributed by atoms with van der Waals surface area (Å²) in [5.74, 6) is 0. The molecule has 11 heavy (non-hydrogen) atoms. The van der Waals surface area contributed by atoms with E-state index >= 15 is 0 Å². The molecule has 0 radical (unpaired) electrons. The second-order valence-corrected chi connectivity index (χ2v) is 3.79. The van der Waals surface area contributed by atoms with E-state index in [4.69, 9.17) is 10.00 Å². The van der Waals surface area contributed by atoms with Gasteiger partial charge in [0.2, 0.25) is 0 Å². The van der Waals surface area contributed by atoms with Gasteiger partial charge in [0.05, 0.1) is 12.7 Å². The lowest BCUT2D eigenvalue weighted by atomic mass is 10.2. The number of aliphatic hydroxyl groups excluding tert-OH is 1. The second kappa shape index (κ2) is 3.21. The molecule has 1 aliphatic heterocycles. The van der Waals surface area contributed by atoms with Gasteiger partial charge in [-0.1, -0.05) is 6.92 Å². The summed E-state index contributed by atoms with van der Waals surface area (Å²) in [6.45, 7) is 1.63. The number of aliphatic hydroxyl groups is 1. The van der Waals surface area contributed by atoms with E-state index in [1.54, 1.807) is 6.92 Å². The van der Waals surface area contributed by atoms with Crippen LogP contribution in [-0.4, -0.2) is 28.8 Å². The maximum absolute atomic E-state index is 10.7. The zero-order chi connectivity index (χ0) is 8.48. The van der Waals surface area contributed by atoms with Crippen LogP contribution in [0.3, 0.4) is 0 Å². The summed E-state index contributed by atoms with van der Waals surface area (Å²) in [6.07, 6.45) is -0.886. The zero-order valence-electron chi connectivity index (χ0n) is 6.14. The van der Waals surface area contributed by atoms with Crippen LogP contribution in [0.25, 0.3) is 0 Å². The fourth-order valence-electron chi connectivity index (χ4n) is 0.896. The maximum Gasteiger partial charge on any atom is 0.472 e. The van der Waals surface area contributed by atoms with Crippen molar-refractivity contribution in [2.45, 2.75) is 25.6 Å². The molecule has 1 unspecified atom stereocenters. The Morgan fingerprint density at radius 1 is 1.73 bits per heavy atom. The highest BCUT2D eigenvalue weighted by Crippen LogP contribution is 2.48. The fourth-order valence-corrected chi connectivity index (χ4v) is 1.93. The maximum atomic E-state index is 10.7. The average Bonchev–Trinajstić information content (AvgIpc) is 1.94. The molecule has 2 N–H and O–H groups in total. The average molecular weight is 182 g/mol. The van der Waals surface area contributed by atoms with Gasteiger partial charge in [-0.3, -0.25) is 9.05 Å². The van der Waals surface area contributed by atoms with E-state index < -0.39 is 20.0 Å². The molecule has 1 aliphatic rings. The summed E-state index contributed by atoms with van der Waals surface area (Å²) in [6, 6.07) is 0. The number of hydrogen-bond donors (Lipinski definition) is 2. The molecule has 0 aromatic rings. The lowest BCUT2D eigenvalue weighted by Crippen LogP contribution is -2.35. The van der Waals surface area contributed by atoms with Gasteiger partial charge >= 0.3 is 7.82 Å². The summed E-state index contributed by atoms with van der Waals surface area (Å²) in [7, 11) is -3.86. The molecule has 0 aromatic heterocycles. The van der Waals surface area contributed by atoms with Crippen LogP contribution in [0, 0.1) is 0 Å². The highest BCUT2D eigenvalue weighted by atomic mass is 31.2. The lowest BCUT2D eigenvalue weighted by molar-refractivity contribution is -0.0560. The summed E-state index contributed by atoms with van der Waals surface area (Å²) in [5.41, 5.74) is 0. The van der Waals surface area contributed by atoms with Gasteiger partial charge in [0, 0.05) is 0 Å². The van der Waals surface area contributed by atoms with Crippen LogP contribution in [0.2, 0.25) is 0 Å². The van der Waals surface area contributed by atoms with Crippen LogP contribution < -0.4 is 0 Å². The molecule has 0 bridgehead atoms. The van der Waals surface area contributed by atoms with E-state index in [0.29, 0.717) is 6.42 Å². The highest BCUT2D eigenvalue weighted by Gasteiger charge is 2.36. The van der Waals surface area contributed by atoms with E-state index in [-0.39, 0.29) is 6.61 Å². The molecule has 66 valence electrons. The fraction of sp³-hybridized carbons (Fsp3) is 1.00. The van der Waals surface area contributed by atoms with Crippen molar-refractivity contribution in [2.24, 2.45) is 0 Å². The van der Waals surface area contributed by atoms with Crippen LogP contribution in [0.5, 0.6) is 0 Å². The normalized spacial score (nSPS) is 45.7. The Balaban J connectivity index is 2.58. The first-order valence-corrected chi connectivity index (χ1v) is 4.88. The van der Waals surface area contributed by atoms with Crippen LogP contribution in [0.1, 0.15) is 13.3 Å². The van der Waals surface area contributed by atoms with Crippen LogP contribution >= 0.6 is 7.82 Å². The number of phosphoric ester groups is 1. The first-order chi connectivity index (χ1) is 5.05. The molecule has 0 aliphatic carbocycles. The predicted octanol–water partition coefficient (Wildman–Crippen LogP) is 0.273. The van der Waals surface area contributed by atoms with Crippen molar-refractivity contribution in [3.8, 4) is 0 Å². The van der Waals surface area contributed by atoms with E-state index in [9.17, 15) is 4.57 Å². The van der Waals surface area contributed by atoms with Crippen LogP contribution in [0.15, 0.2) is 0 Å². The molecule has 0 aromatic carbocycles. The molecule has 1 saturated heterocycles. The Hall–Kier alpha value is 0.0700. The minimum absolute atomic E-state index is 0.133. The van der Waals surface area contributed by atoms with Crippen molar-refractivity contribution in [1.82, 2.24) is 0 Å². The minimum Gasteiger partial charge on any atom is -0.388 e. The van der Waals surface area contributed by atoms with Gasteiger partial charge in [0.25, 0.3) is 0 Å².